The highest BCUT2D eigenvalue weighted by molar-refractivity contribution is 5.68. The van der Waals surface area contributed by atoms with Gasteiger partial charge in [0.2, 0.25) is 0 Å². The zero-order valence-electron chi connectivity index (χ0n) is 11.8. The monoisotopic (exact) mass is 266 g/mol. The SMILES string of the molecule is CCCC(C)COc1cccc(NCC)c1[N+](=O)[O-]. The first-order chi connectivity index (χ1) is 9.10. The Morgan fingerprint density at radius 2 is 2.16 bits per heavy atom. The lowest BCUT2D eigenvalue weighted by Crippen LogP contribution is -2.10. The van der Waals surface area contributed by atoms with E-state index in [9.17, 15) is 10.1 Å². The second-order valence-corrected chi connectivity index (χ2v) is 4.64. The summed E-state index contributed by atoms with van der Waals surface area (Å²) in [5, 5.41) is 14.2. The smallest absolute Gasteiger partial charge is 0.333 e. The fourth-order valence-corrected chi connectivity index (χ4v) is 1.97. The van der Waals surface area contributed by atoms with Crippen molar-refractivity contribution in [2.24, 2.45) is 5.92 Å². The summed E-state index contributed by atoms with van der Waals surface area (Å²) in [4.78, 5) is 10.8. The van der Waals surface area contributed by atoms with E-state index in [0.29, 0.717) is 30.5 Å². The number of hydrogen-bond donors (Lipinski definition) is 1. The minimum Gasteiger partial charge on any atom is -0.486 e. The molecular weight excluding hydrogens is 244 g/mol. The van der Waals surface area contributed by atoms with Gasteiger partial charge >= 0.3 is 5.69 Å². The fraction of sp³-hybridized carbons (Fsp3) is 0.571. The lowest BCUT2D eigenvalue weighted by Gasteiger charge is -2.13. The minimum atomic E-state index is -0.391. The summed E-state index contributed by atoms with van der Waals surface area (Å²) in [5.41, 5.74) is 0.529. The van der Waals surface area contributed by atoms with Crippen molar-refractivity contribution in [3.8, 4) is 5.75 Å². The first-order valence-electron chi connectivity index (χ1n) is 6.74. The Labute approximate surface area is 114 Å². The van der Waals surface area contributed by atoms with Crippen LogP contribution in [0, 0.1) is 16.0 Å². The number of nitrogens with zero attached hydrogens (tertiary/aromatic N) is 1. The van der Waals surface area contributed by atoms with Crippen LogP contribution in [0.15, 0.2) is 18.2 Å². The molecule has 0 bridgehead atoms. The number of para-hydroxylation sites is 1. The van der Waals surface area contributed by atoms with Gasteiger partial charge < -0.3 is 10.1 Å². The lowest BCUT2D eigenvalue weighted by molar-refractivity contribution is -0.385. The minimum absolute atomic E-state index is 0.0213. The maximum absolute atomic E-state index is 11.2. The highest BCUT2D eigenvalue weighted by atomic mass is 16.6. The van der Waals surface area contributed by atoms with Crippen LogP contribution >= 0.6 is 0 Å². The van der Waals surface area contributed by atoms with Gasteiger partial charge in [0.05, 0.1) is 11.5 Å². The fourth-order valence-electron chi connectivity index (χ4n) is 1.97. The predicted molar refractivity (Wildman–Crippen MR) is 76.8 cm³/mol. The molecule has 0 fully saturated rings. The van der Waals surface area contributed by atoms with Crippen LogP contribution in [-0.4, -0.2) is 18.1 Å². The molecule has 1 N–H and O–H groups in total. The molecule has 0 aliphatic rings. The van der Waals surface area contributed by atoms with Gasteiger partial charge in [0.15, 0.2) is 5.75 Å². The van der Waals surface area contributed by atoms with Gasteiger partial charge in [0, 0.05) is 6.54 Å². The van der Waals surface area contributed by atoms with E-state index in [0.717, 1.165) is 12.8 Å². The van der Waals surface area contributed by atoms with Crippen molar-refractivity contribution in [3.63, 3.8) is 0 Å². The molecule has 0 radical (unpaired) electrons. The third kappa shape index (κ3) is 4.43. The number of nitro benzene ring substituents is 1. The van der Waals surface area contributed by atoms with E-state index in [2.05, 4.69) is 19.2 Å². The van der Waals surface area contributed by atoms with Crippen LogP contribution in [0.3, 0.4) is 0 Å². The average Bonchev–Trinajstić information content (AvgIpc) is 2.37. The Balaban J connectivity index is 2.87. The molecule has 0 spiro atoms. The maximum atomic E-state index is 11.2. The number of nitro groups is 1. The maximum Gasteiger partial charge on any atom is 0.333 e. The molecule has 0 amide bonds. The molecule has 106 valence electrons. The van der Waals surface area contributed by atoms with Crippen LogP contribution in [0.1, 0.15) is 33.6 Å². The molecule has 19 heavy (non-hydrogen) atoms. The molecule has 5 nitrogen and oxygen atoms in total. The van der Waals surface area contributed by atoms with Crippen molar-refractivity contribution in [1.82, 2.24) is 0 Å². The van der Waals surface area contributed by atoms with Crippen LogP contribution in [-0.2, 0) is 0 Å². The van der Waals surface area contributed by atoms with Crippen LogP contribution in [0.2, 0.25) is 0 Å². The predicted octanol–water partition coefficient (Wildman–Crippen LogP) is 3.84. The molecule has 0 aliphatic carbocycles. The highest BCUT2D eigenvalue weighted by Crippen LogP contribution is 2.34. The first-order valence-corrected chi connectivity index (χ1v) is 6.74. The van der Waals surface area contributed by atoms with Crippen molar-refractivity contribution < 1.29 is 9.66 Å². The van der Waals surface area contributed by atoms with Gasteiger partial charge in [0.25, 0.3) is 0 Å². The van der Waals surface area contributed by atoms with E-state index in [1.165, 1.54) is 0 Å². The Morgan fingerprint density at radius 1 is 1.42 bits per heavy atom. The number of benzene rings is 1. The number of nitrogens with one attached hydrogen (secondary N) is 1. The number of anilines is 1. The van der Waals surface area contributed by atoms with Crippen LogP contribution in [0.4, 0.5) is 11.4 Å². The molecule has 0 heterocycles. The van der Waals surface area contributed by atoms with Crippen molar-refractivity contribution in [1.29, 1.82) is 0 Å². The van der Waals surface area contributed by atoms with E-state index >= 15 is 0 Å². The molecular formula is C14H22N2O3. The average molecular weight is 266 g/mol. The number of rotatable bonds is 8. The summed E-state index contributed by atoms with van der Waals surface area (Å²) >= 11 is 0. The van der Waals surface area contributed by atoms with Gasteiger partial charge in [-0.2, -0.15) is 0 Å². The summed E-state index contributed by atoms with van der Waals surface area (Å²) in [6.45, 7) is 7.25. The van der Waals surface area contributed by atoms with E-state index in [4.69, 9.17) is 4.74 Å². The third-order valence-corrected chi connectivity index (χ3v) is 2.85. The summed E-state index contributed by atoms with van der Waals surface area (Å²) in [6, 6.07) is 5.12. The third-order valence-electron chi connectivity index (χ3n) is 2.85. The van der Waals surface area contributed by atoms with Crippen LogP contribution in [0.5, 0.6) is 5.75 Å². The van der Waals surface area contributed by atoms with Crippen molar-refractivity contribution >= 4 is 11.4 Å². The van der Waals surface area contributed by atoms with E-state index in [-0.39, 0.29) is 5.69 Å². The number of hydrogen-bond acceptors (Lipinski definition) is 4. The van der Waals surface area contributed by atoms with Crippen LogP contribution in [0.25, 0.3) is 0 Å². The molecule has 1 atom stereocenters. The second-order valence-electron chi connectivity index (χ2n) is 4.64. The summed E-state index contributed by atoms with van der Waals surface area (Å²) in [5.74, 6) is 0.735. The summed E-state index contributed by atoms with van der Waals surface area (Å²) in [7, 11) is 0. The van der Waals surface area contributed by atoms with Crippen LogP contribution < -0.4 is 10.1 Å². The van der Waals surface area contributed by atoms with Gasteiger partial charge in [-0.1, -0.05) is 26.3 Å². The molecule has 0 aromatic heterocycles. The van der Waals surface area contributed by atoms with Crippen molar-refractivity contribution in [2.75, 3.05) is 18.5 Å². The van der Waals surface area contributed by atoms with Gasteiger partial charge in [-0.25, -0.2) is 0 Å². The van der Waals surface area contributed by atoms with Gasteiger partial charge in [-0.05, 0) is 31.4 Å². The quantitative estimate of drug-likeness (QED) is 0.573. The van der Waals surface area contributed by atoms with Gasteiger partial charge in [0.1, 0.15) is 5.69 Å². The molecule has 1 aromatic carbocycles. The molecule has 1 rings (SSSR count). The first kappa shape index (κ1) is 15.3. The van der Waals surface area contributed by atoms with Crippen molar-refractivity contribution in [2.45, 2.75) is 33.6 Å². The van der Waals surface area contributed by atoms with E-state index in [1.54, 1.807) is 18.2 Å². The number of ether oxygens (including phenoxy) is 1. The Bertz CT molecular complexity index is 421. The standard InChI is InChI=1S/C14H22N2O3/c1-4-7-11(3)10-19-13-9-6-8-12(15-5-2)14(13)16(17)18/h6,8-9,11,15H,4-5,7,10H2,1-3H3. The summed E-state index contributed by atoms with van der Waals surface area (Å²) < 4.78 is 5.62. The normalized spacial score (nSPS) is 11.9. The zero-order valence-corrected chi connectivity index (χ0v) is 11.8. The second kappa shape index (κ2) is 7.61. The Kier molecular flexibility index (Phi) is 6.12. The summed E-state index contributed by atoms with van der Waals surface area (Å²) in [6.07, 6.45) is 2.14. The molecule has 0 saturated heterocycles. The largest absolute Gasteiger partial charge is 0.486 e. The van der Waals surface area contributed by atoms with Gasteiger partial charge in [-0.3, -0.25) is 10.1 Å². The zero-order chi connectivity index (χ0) is 14.3. The molecule has 0 saturated carbocycles. The molecule has 5 heteroatoms. The lowest BCUT2D eigenvalue weighted by atomic mass is 10.1. The van der Waals surface area contributed by atoms with E-state index < -0.39 is 4.92 Å². The topological polar surface area (TPSA) is 64.4 Å². The molecule has 1 unspecified atom stereocenters. The van der Waals surface area contributed by atoms with Crippen molar-refractivity contribution in [3.05, 3.63) is 28.3 Å². The Hall–Kier alpha value is -1.78. The Morgan fingerprint density at radius 3 is 2.74 bits per heavy atom. The molecule has 0 aliphatic heterocycles. The van der Waals surface area contributed by atoms with Gasteiger partial charge in [-0.15, -0.1) is 0 Å². The molecule has 1 aromatic rings. The van der Waals surface area contributed by atoms with E-state index in [1.807, 2.05) is 6.92 Å². The highest BCUT2D eigenvalue weighted by Gasteiger charge is 2.20.